The molecule has 1 amide bonds. The van der Waals surface area contributed by atoms with Gasteiger partial charge in [-0.1, -0.05) is 50.2 Å². The first kappa shape index (κ1) is 24.3. The minimum absolute atomic E-state index is 0.0784. The molecule has 5 nitrogen and oxygen atoms in total. The van der Waals surface area contributed by atoms with Crippen LogP contribution in [0.2, 0.25) is 0 Å². The third-order valence-electron chi connectivity index (χ3n) is 6.35. The number of rotatable bonds is 6. The van der Waals surface area contributed by atoms with Crippen LogP contribution < -0.4 is 9.64 Å². The van der Waals surface area contributed by atoms with Crippen LogP contribution in [0.1, 0.15) is 47.7 Å². The van der Waals surface area contributed by atoms with E-state index in [2.05, 4.69) is 13.8 Å². The van der Waals surface area contributed by atoms with Gasteiger partial charge in [0.15, 0.2) is 0 Å². The fourth-order valence-electron chi connectivity index (χ4n) is 4.30. The Labute approximate surface area is 206 Å². The molecule has 3 aromatic carbocycles. The third-order valence-corrected chi connectivity index (χ3v) is 6.35. The van der Waals surface area contributed by atoms with Gasteiger partial charge < -0.3 is 9.84 Å². The van der Waals surface area contributed by atoms with Crippen molar-refractivity contribution in [2.24, 2.45) is 5.92 Å². The summed E-state index contributed by atoms with van der Waals surface area (Å²) in [4.78, 5) is 28.1. The van der Waals surface area contributed by atoms with Gasteiger partial charge >= 0.3 is 0 Å². The van der Waals surface area contributed by atoms with Crippen molar-refractivity contribution in [3.63, 3.8) is 0 Å². The smallest absolute Gasteiger partial charge is 0.300 e. The lowest BCUT2D eigenvalue weighted by Crippen LogP contribution is -2.29. The molecule has 1 aliphatic heterocycles. The fourth-order valence-corrected chi connectivity index (χ4v) is 4.30. The van der Waals surface area contributed by atoms with Crippen LogP contribution in [0, 0.1) is 26.7 Å². The van der Waals surface area contributed by atoms with E-state index in [-0.39, 0.29) is 11.3 Å². The summed E-state index contributed by atoms with van der Waals surface area (Å²) in [5.74, 6) is -0.438. The average molecular weight is 470 g/mol. The molecule has 0 saturated carbocycles. The molecule has 0 bridgehead atoms. The van der Waals surface area contributed by atoms with Crippen molar-refractivity contribution in [2.45, 2.75) is 40.7 Å². The molecule has 1 N–H and O–H groups in total. The maximum atomic E-state index is 13.3. The molecule has 1 saturated heterocycles. The zero-order valence-corrected chi connectivity index (χ0v) is 20.8. The van der Waals surface area contributed by atoms with Gasteiger partial charge in [0.1, 0.15) is 11.5 Å². The lowest BCUT2D eigenvalue weighted by Gasteiger charge is -2.26. The number of carbonyl (C=O) groups is 2. The van der Waals surface area contributed by atoms with Gasteiger partial charge in [-0.3, -0.25) is 14.5 Å². The van der Waals surface area contributed by atoms with Crippen molar-refractivity contribution in [1.29, 1.82) is 0 Å². The number of ketones is 1. The van der Waals surface area contributed by atoms with Crippen LogP contribution in [0.5, 0.6) is 5.75 Å². The Morgan fingerprint density at radius 3 is 2.26 bits per heavy atom. The van der Waals surface area contributed by atoms with E-state index in [9.17, 15) is 14.7 Å². The van der Waals surface area contributed by atoms with E-state index in [4.69, 9.17) is 4.74 Å². The van der Waals surface area contributed by atoms with Gasteiger partial charge in [-0.05, 0) is 79.3 Å². The quantitative estimate of drug-likeness (QED) is 0.262. The standard InChI is InChI=1S/C30H31NO4/c1-18(2)17-35-25-14-12-23(15-21(25)5)28(32)26-27(22-9-7-6-8-10-22)31(30(34)29(26)33)24-13-11-19(3)20(4)16-24/h6-16,18,27,32H,17H2,1-5H3/b28-26+. The number of hydrogen-bond donors (Lipinski definition) is 1. The normalized spacial score (nSPS) is 17.3. The molecular formula is C30H31NO4. The molecule has 0 spiro atoms. The second-order valence-electron chi connectivity index (χ2n) is 9.53. The number of aryl methyl sites for hydroxylation is 3. The number of benzene rings is 3. The summed E-state index contributed by atoms with van der Waals surface area (Å²) < 4.78 is 5.86. The molecule has 1 heterocycles. The minimum atomic E-state index is -0.740. The number of amides is 1. The number of hydrogen-bond acceptors (Lipinski definition) is 4. The summed E-state index contributed by atoms with van der Waals surface area (Å²) >= 11 is 0. The molecule has 0 radical (unpaired) electrons. The predicted molar refractivity (Wildman–Crippen MR) is 139 cm³/mol. The van der Waals surface area contributed by atoms with Gasteiger partial charge in [-0.15, -0.1) is 0 Å². The summed E-state index contributed by atoms with van der Waals surface area (Å²) in [7, 11) is 0. The van der Waals surface area contributed by atoms with E-state index in [1.807, 2.05) is 69.3 Å². The van der Waals surface area contributed by atoms with E-state index in [1.54, 1.807) is 18.2 Å². The minimum Gasteiger partial charge on any atom is -0.507 e. The maximum absolute atomic E-state index is 13.3. The summed E-state index contributed by atoms with van der Waals surface area (Å²) in [6, 6.07) is 19.6. The molecule has 35 heavy (non-hydrogen) atoms. The van der Waals surface area contributed by atoms with E-state index >= 15 is 0 Å². The Kier molecular flexibility index (Phi) is 6.79. The number of carbonyl (C=O) groups excluding carboxylic acids is 2. The Hall–Kier alpha value is -3.86. The summed E-state index contributed by atoms with van der Waals surface area (Å²) in [5, 5.41) is 11.4. The largest absolute Gasteiger partial charge is 0.507 e. The first-order valence-corrected chi connectivity index (χ1v) is 11.9. The van der Waals surface area contributed by atoms with Crippen molar-refractivity contribution in [3.05, 3.63) is 100 Å². The van der Waals surface area contributed by atoms with Gasteiger partial charge in [-0.25, -0.2) is 0 Å². The molecule has 0 aromatic heterocycles. The van der Waals surface area contributed by atoms with Gasteiger partial charge in [0, 0.05) is 11.3 Å². The Morgan fingerprint density at radius 2 is 1.63 bits per heavy atom. The maximum Gasteiger partial charge on any atom is 0.300 e. The Bertz CT molecular complexity index is 1310. The van der Waals surface area contributed by atoms with Crippen molar-refractivity contribution < 1.29 is 19.4 Å². The average Bonchev–Trinajstić information content (AvgIpc) is 3.10. The molecule has 180 valence electrons. The fraction of sp³-hybridized carbons (Fsp3) is 0.267. The molecular weight excluding hydrogens is 438 g/mol. The summed E-state index contributed by atoms with van der Waals surface area (Å²) in [5.41, 5.74) is 4.87. The third kappa shape index (κ3) is 4.72. The van der Waals surface area contributed by atoms with Crippen LogP contribution in [0.25, 0.3) is 5.76 Å². The second-order valence-corrected chi connectivity index (χ2v) is 9.53. The Balaban J connectivity index is 1.84. The van der Waals surface area contributed by atoms with Crippen LogP contribution in [0.15, 0.2) is 72.3 Å². The summed E-state index contributed by atoms with van der Waals surface area (Å²) in [6.45, 7) is 10.6. The van der Waals surface area contributed by atoms with Crippen LogP contribution >= 0.6 is 0 Å². The number of nitrogens with zero attached hydrogens (tertiary/aromatic N) is 1. The number of aliphatic hydroxyl groups excluding tert-OH is 1. The van der Waals surface area contributed by atoms with Crippen LogP contribution in [-0.2, 0) is 9.59 Å². The highest BCUT2D eigenvalue weighted by Gasteiger charge is 2.47. The highest BCUT2D eigenvalue weighted by atomic mass is 16.5. The van der Waals surface area contributed by atoms with Crippen LogP contribution in [-0.4, -0.2) is 23.4 Å². The van der Waals surface area contributed by atoms with E-state index in [1.165, 1.54) is 4.90 Å². The molecule has 1 fully saturated rings. The number of aliphatic hydroxyl groups is 1. The molecule has 3 aromatic rings. The van der Waals surface area contributed by atoms with Gasteiger partial charge in [0.25, 0.3) is 11.7 Å². The van der Waals surface area contributed by atoms with Crippen LogP contribution in [0.4, 0.5) is 5.69 Å². The van der Waals surface area contributed by atoms with Crippen molar-refractivity contribution in [3.8, 4) is 5.75 Å². The summed E-state index contributed by atoms with van der Waals surface area (Å²) in [6.07, 6.45) is 0. The SMILES string of the molecule is Cc1ccc(N2C(=O)C(=O)/C(=C(/O)c3ccc(OCC(C)C)c(C)c3)C2c2ccccc2)cc1C. The molecule has 1 aliphatic rings. The molecule has 0 aliphatic carbocycles. The highest BCUT2D eigenvalue weighted by molar-refractivity contribution is 6.51. The molecule has 1 atom stereocenters. The first-order valence-electron chi connectivity index (χ1n) is 11.9. The predicted octanol–water partition coefficient (Wildman–Crippen LogP) is 6.27. The van der Waals surface area contributed by atoms with Gasteiger partial charge in [-0.2, -0.15) is 0 Å². The van der Waals surface area contributed by atoms with E-state index in [0.717, 1.165) is 28.0 Å². The molecule has 1 unspecified atom stereocenters. The molecule has 5 heteroatoms. The molecule has 4 rings (SSSR count). The van der Waals surface area contributed by atoms with Crippen LogP contribution in [0.3, 0.4) is 0 Å². The number of anilines is 1. The topological polar surface area (TPSA) is 66.8 Å². The second kappa shape index (κ2) is 9.79. The Morgan fingerprint density at radius 1 is 0.914 bits per heavy atom. The zero-order valence-electron chi connectivity index (χ0n) is 20.8. The van der Waals surface area contributed by atoms with Crippen molar-refractivity contribution in [2.75, 3.05) is 11.5 Å². The van der Waals surface area contributed by atoms with Gasteiger partial charge in [0.05, 0.1) is 18.2 Å². The lowest BCUT2D eigenvalue weighted by molar-refractivity contribution is -0.132. The lowest BCUT2D eigenvalue weighted by atomic mass is 9.94. The monoisotopic (exact) mass is 469 g/mol. The van der Waals surface area contributed by atoms with Gasteiger partial charge in [0.2, 0.25) is 0 Å². The highest BCUT2D eigenvalue weighted by Crippen LogP contribution is 2.42. The number of ether oxygens (including phenoxy) is 1. The van der Waals surface area contributed by atoms with E-state index < -0.39 is 17.7 Å². The zero-order chi connectivity index (χ0) is 25.3. The van der Waals surface area contributed by atoms with E-state index in [0.29, 0.717) is 23.8 Å². The van der Waals surface area contributed by atoms with Crippen molar-refractivity contribution in [1.82, 2.24) is 0 Å². The first-order chi connectivity index (χ1) is 16.7. The van der Waals surface area contributed by atoms with Crippen molar-refractivity contribution >= 4 is 23.1 Å². The number of Topliss-reactive ketones (excluding diaryl/α,β-unsaturated/α-hetero) is 1.